The molecule has 2 rings (SSSR count). The van der Waals surface area contributed by atoms with Gasteiger partial charge in [-0.1, -0.05) is 26.0 Å². The largest absolute Gasteiger partial charge is 0.294 e. The summed E-state index contributed by atoms with van der Waals surface area (Å²) in [6.07, 6.45) is 3.93. The van der Waals surface area contributed by atoms with E-state index in [9.17, 15) is 4.79 Å². The van der Waals surface area contributed by atoms with E-state index in [0.717, 1.165) is 35.5 Å². The zero-order valence-corrected chi connectivity index (χ0v) is 12.6. The summed E-state index contributed by atoms with van der Waals surface area (Å²) in [5.74, 6) is 0.170. The fourth-order valence-corrected chi connectivity index (χ4v) is 2.41. The van der Waals surface area contributed by atoms with Gasteiger partial charge in [-0.25, -0.2) is 0 Å². The minimum Gasteiger partial charge on any atom is -0.294 e. The van der Waals surface area contributed by atoms with E-state index in [1.54, 1.807) is 4.68 Å². The molecule has 0 aliphatic heterocycles. The molecule has 0 radical (unpaired) electrons. The lowest BCUT2D eigenvalue weighted by atomic mass is 10.0. The maximum atomic E-state index is 12.2. The van der Waals surface area contributed by atoms with Gasteiger partial charge in [-0.2, -0.15) is 5.10 Å². The zero-order chi connectivity index (χ0) is 14.7. The molecule has 0 aromatic carbocycles. The monoisotopic (exact) mass is 275 g/mol. The SMILES string of the molecule is CCC(=O)c1c(CC)nn(Cc2cn(C)nn2)c1CC. The standard InChI is InChI=1S/C14H21N5O/c1-5-11-14(13(20)7-3)12(6-2)19(16-11)9-10-8-18(4)17-15-10/h8H,5-7,9H2,1-4H3. The van der Waals surface area contributed by atoms with Gasteiger partial charge in [0.25, 0.3) is 0 Å². The van der Waals surface area contributed by atoms with Crippen molar-refractivity contribution in [3.05, 3.63) is 28.8 Å². The van der Waals surface area contributed by atoms with E-state index in [-0.39, 0.29) is 5.78 Å². The van der Waals surface area contributed by atoms with Crippen LogP contribution in [0.3, 0.4) is 0 Å². The van der Waals surface area contributed by atoms with Gasteiger partial charge >= 0.3 is 0 Å². The van der Waals surface area contributed by atoms with Crippen LogP contribution >= 0.6 is 0 Å². The third kappa shape index (κ3) is 2.64. The number of rotatable bonds is 6. The van der Waals surface area contributed by atoms with Crippen molar-refractivity contribution in [2.45, 2.75) is 46.6 Å². The number of ketones is 1. The van der Waals surface area contributed by atoms with Crippen LogP contribution in [0.25, 0.3) is 0 Å². The highest BCUT2D eigenvalue weighted by atomic mass is 16.1. The Morgan fingerprint density at radius 1 is 1.25 bits per heavy atom. The number of hydrogen-bond donors (Lipinski definition) is 0. The van der Waals surface area contributed by atoms with Gasteiger partial charge in [0.1, 0.15) is 5.69 Å². The van der Waals surface area contributed by atoms with Crippen LogP contribution in [0.15, 0.2) is 6.20 Å². The highest BCUT2D eigenvalue weighted by Crippen LogP contribution is 2.19. The number of nitrogens with zero attached hydrogens (tertiary/aromatic N) is 5. The molecule has 108 valence electrons. The van der Waals surface area contributed by atoms with Crippen molar-refractivity contribution in [1.29, 1.82) is 0 Å². The van der Waals surface area contributed by atoms with Gasteiger partial charge in [0.15, 0.2) is 5.78 Å². The van der Waals surface area contributed by atoms with Crippen molar-refractivity contribution in [1.82, 2.24) is 24.8 Å². The van der Waals surface area contributed by atoms with Gasteiger partial charge in [0.05, 0.1) is 17.8 Å². The second-order valence-electron chi connectivity index (χ2n) is 4.79. The van der Waals surface area contributed by atoms with Gasteiger partial charge in [0, 0.05) is 25.4 Å². The molecule has 6 nitrogen and oxygen atoms in total. The van der Waals surface area contributed by atoms with Crippen LogP contribution < -0.4 is 0 Å². The van der Waals surface area contributed by atoms with E-state index in [0.29, 0.717) is 13.0 Å². The summed E-state index contributed by atoms with van der Waals surface area (Å²) in [5.41, 5.74) is 3.54. The van der Waals surface area contributed by atoms with E-state index in [2.05, 4.69) is 22.3 Å². The van der Waals surface area contributed by atoms with Crippen molar-refractivity contribution in [2.24, 2.45) is 7.05 Å². The second-order valence-corrected chi connectivity index (χ2v) is 4.79. The lowest BCUT2D eigenvalue weighted by Crippen LogP contribution is -2.08. The summed E-state index contributed by atoms with van der Waals surface area (Å²) in [7, 11) is 1.84. The summed E-state index contributed by atoms with van der Waals surface area (Å²) in [6.45, 7) is 6.53. The quantitative estimate of drug-likeness (QED) is 0.754. The molecule has 0 unspecified atom stereocenters. The Kier molecular flexibility index (Phi) is 4.32. The summed E-state index contributed by atoms with van der Waals surface area (Å²) >= 11 is 0. The molecule has 0 saturated carbocycles. The van der Waals surface area contributed by atoms with Crippen LogP contribution in [0.2, 0.25) is 0 Å². The molecular weight excluding hydrogens is 254 g/mol. The molecule has 0 bridgehead atoms. The normalized spacial score (nSPS) is 11.0. The summed E-state index contributed by atoms with van der Waals surface area (Å²) in [6, 6.07) is 0. The molecule has 0 atom stereocenters. The van der Waals surface area contributed by atoms with Gasteiger partial charge in [-0.3, -0.25) is 14.2 Å². The van der Waals surface area contributed by atoms with Crippen molar-refractivity contribution >= 4 is 5.78 Å². The maximum absolute atomic E-state index is 12.2. The first kappa shape index (κ1) is 14.4. The highest BCUT2D eigenvalue weighted by Gasteiger charge is 2.20. The molecule has 0 aliphatic rings. The Balaban J connectivity index is 2.42. The minimum absolute atomic E-state index is 0.170. The number of hydrogen-bond acceptors (Lipinski definition) is 4. The third-order valence-corrected chi connectivity index (χ3v) is 3.36. The van der Waals surface area contributed by atoms with E-state index in [4.69, 9.17) is 0 Å². The van der Waals surface area contributed by atoms with Gasteiger partial charge in [-0.05, 0) is 12.8 Å². The average molecular weight is 275 g/mol. The predicted molar refractivity (Wildman–Crippen MR) is 75.7 cm³/mol. The van der Waals surface area contributed by atoms with Crippen LogP contribution in [-0.4, -0.2) is 30.6 Å². The van der Waals surface area contributed by atoms with Crippen LogP contribution in [0.4, 0.5) is 0 Å². The predicted octanol–water partition coefficient (Wildman–Crippen LogP) is 1.78. The molecule has 0 fully saturated rings. The first-order valence-corrected chi connectivity index (χ1v) is 7.07. The molecule has 20 heavy (non-hydrogen) atoms. The molecule has 0 saturated heterocycles. The molecule has 0 N–H and O–H groups in total. The first-order chi connectivity index (χ1) is 9.60. The van der Waals surface area contributed by atoms with Gasteiger partial charge in [0.2, 0.25) is 0 Å². The fourth-order valence-electron chi connectivity index (χ4n) is 2.41. The third-order valence-electron chi connectivity index (χ3n) is 3.36. The molecule has 2 aromatic heterocycles. The molecule has 0 spiro atoms. The molecular formula is C14H21N5O. The van der Waals surface area contributed by atoms with E-state index in [1.807, 2.05) is 31.8 Å². The van der Waals surface area contributed by atoms with E-state index < -0.39 is 0 Å². The number of carbonyl (C=O) groups excluding carboxylic acids is 1. The number of Topliss-reactive ketones (excluding diaryl/α,β-unsaturated/α-hetero) is 1. The lowest BCUT2D eigenvalue weighted by Gasteiger charge is -2.05. The topological polar surface area (TPSA) is 65.6 Å². The van der Waals surface area contributed by atoms with Crippen LogP contribution in [-0.2, 0) is 26.4 Å². The van der Waals surface area contributed by atoms with Gasteiger partial charge in [-0.15, -0.1) is 5.10 Å². The summed E-state index contributed by atoms with van der Waals surface area (Å²) in [5, 5.41) is 12.6. The molecule has 2 heterocycles. The Bertz CT molecular complexity index is 611. The number of aryl methyl sites for hydroxylation is 2. The Labute approximate surface area is 118 Å². The smallest absolute Gasteiger partial charge is 0.166 e. The zero-order valence-electron chi connectivity index (χ0n) is 12.6. The summed E-state index contributed by atoms with van der Waals surface area (Å²) < 4.78 is 3.56. The van der Waals surface area contributed by atoms with Crippen molar-refractivity contribution in [3.8, 4) is 0 Å². The van der Waals surface area contributed by atoms with Gasteiger partial charge < -0.3 is 0 Å². The first-order valence-electron chi connectivity index (χ1n) is 7.07. The molecule has 2 aromatic rings. The van der Waals surface area contributed by atoms with Crippen LogP contribution in [0.5, 0.6) is 0 Å². The second kappa shape index (κ2) is 5.98. The maximum Gasteiger partial charge on any atom is 0.166 e. The highest BCUT2D eigenvalue weighted by molar-refractivity contribution is 5.98. The fraction of sp³-hybridized carbons (Fsp3) is 0.571. The number of aromatic nitrogens is 5. The van der Waals surface area contributed by atoms with E-state index >= 15 is 0 Å². The molecule has 6 heteroatoms. The summed E-state index contributed by atoms with van der Waals surface area (Å²) in [4.78, 5) is 12.2. The van der Waals surface area contributed by atoms with Crippen molar-refractivity contribution in [2.75, 3.05) is 0 Å². The Hall–Kier alpha value is -1.98. The van der Waals surface area contributed by atoms with Crippen LogP contribution in [0, 0.1) is 0 Å². The van der Waals surface area contributed by atoms with Crippen molar-refractivity contribution < 1.29 is 4.79 Å². The Morgan fingerprint density at radius 3 is 2.50 bits per heavy atom. The Morgan fingerprint density at radius 2 is 2.00 bits per heavy atom. The average Bonchev–Trinajstić information content (AvgIpc) is 3.01. The number of carbonyl (C=O) groups is 1. The molecule has 0 aliphatic carbocycles. The molecule has 0 amide bonds. The lowest BCUT2D eigenvalue weighted by molar-refractivity contribution is 0.0986. The van der Waals surface area contributed by atoms with Crippen molar-refractivity contribution in [3.63, 3.8) is 0 Å². The van der Waals surface area contributed by atoms with Crippen LogP contribution in [0.1, 0.15) is 54.6 Å². The van der Waals surface area contributed by atoms with E-state index in [1.165, 1.54) is 0 Å². The minimum atomic E-state index is 0.170.